The average molecular weight is 312 g/mol. The van der Waals surface area contributed by atoms with Gasteiger partial charge in [-0.1, -0.05) is 24.3 Å². The van der Waals surface area contributed by atoms with Crippen LogP contribution in [0.15, 0.2) is 42.5 Å². The molecule has 5 heteroatoms. The van der Waals surface area contributed by atoms with Crippen LogP contribution in [-0.4, -0.2) is 11.8 Å². The number of aryl methyl sites for hydroxylation is 1. The van der Waals surface area contributed by atoms with Gasteiger partial charge in [-0.15, -0.1) is 0 Å². The van der Waals surface area contributed by atoms with E-state index in [0.29, 0.717) is 17.7 Å². The summed E-state index contributed by atoms with van der Waals surface area (Å²) in [6.45, 7) is 3.56. The molecule has 1 fully saturated rings. The Labute approximate surface area is 133 Å². The number of hydrogen-bond acceptors (Lipinski definition) is 2. The quantitative estimate of drug-likeness (QED) is 0.867. The molecule has 2 aliphatic rings. The number of para-hydroxylation sites is 1. The van der Waals surface area contributed by atoms with Crippen molar-refractivity contribution in [3.63, 3.8) is 0 Å². The molecule has 0 aromatic heterocycles. The first kappa shape index (κ1) is 14.1. The lowest BCUT2D eigenvalue weighted by Crippen LogP contribution is -2.65. The van der Waals surface area contributed by atoms with E-state index in [1.807, 2.05) is 31.2 Å². The molecule has 0 saturated carbocycles. The molecule has 2 heterocycles. The molecule has 4 rings (SSSR count). The van der Waals surface area contributed by atoms with Crippen molar-refractivity contribution in [3.8, 4) is 5.75 Å². The fourth-order valence-corrected chi connectivity index (χ4v) is 3.43. The number of nitrogens with zero attached hydrogens (tertiary/aromatic N) is 1. The number of halogens is 1. The Hall–Kier alpha value is -2.56. The fourth-order valence-electron chi connectivity index (χ4n) is 3.43. The van der Waals surface area contributed by atoms with Crippen molar-refractivity contribution in [3.05, 3.63) is 59.4 Å². The zero-order valence-electron chi connectivity index (χ0n) is 13.0. The SMILES string of the molecule is Cc1ccc(N2C(=O)N[C@@H]3C[C@]2(C)Oc2ccccc23)cc1F. The highest BCUT2D eigenvalue weighted by Crippen LogP contribution is 2.45. The number of benzene rings is 2. The van der Waals surface area contributed by atoms with Crippen LogP contribution in [0.25, 0.3) is 0 Å². The minimum atomic E-state index is -0.844. The van der Waals surface area contributed by atoms with Crippen molar-refractivity contribution >= 4 is 11.7 Å². The lowest BCUT2D eigenvalue weighted by Gasteiger charge is -2.50. The Bertz CT molecular complexity index is 807. The van der Waals surface area contributed by atoms with Gasteiger partial charge in [0.05, 0.1) is 11.7 Å². The Morgan fingerprint density at radius 3 is 2.87 bits per heavy atom. The van der Waals surface area contributed by atoms with Crippen molar-refractivity contribution in [1.29, 1.82) is 0 Å². The highest BCUT2D eigenvalue weighted by molar-refractivity contribution is 5.94. The molecule has 118 valence electrons. The number of carbonyl (C=O) groups excluding carboxylic acids is 1. The molecule has 2 atom stereocenters. The largest absolute Gasteiger partial charge is 0.467 e. The number of urea groups is 1. The maximum absolute atomic E-state index is 13.9. The summed E-state index contributed by atoms with van der Waals surface area (Å²) in [5.41, 5.74) is 1.17. The molecule has 2 aromatic carbocycles. The molecule has 2 aromatic rings. The molecule has 0 unspecified atom stereocenters. The first-order valence-electron chi connectivity index (χ1n) is 7.63. The smallest absolute Gasteiger partial charge is 0.325 e. The fraction of sp³-hybridized carbons (Fsp3) is 0.278. The highest BCUT2D eigenvalue weighted by Gasteiger charge is 2.49. The van der Waals surface area contributed by atoms with Gasteiger partial charge in [-0.3, -0.25) is 4.90 Å². The van der Waals surface area contributed by atoms with Gasteiger partial charge in [0.25, 0.3) is 0 Å². The Kier molecular flexibility index (Phi) is 2.88. The van der Waals surface area contributed by atoms with E-state index in [0.717, 1.165) is 11.3 Å². The number of ether oxygens (including phenoxy) is 1. The predicted octanol–water partition coefficient (Wildman–Crippen LogP) is 3.90. The summed E-state index contributed by atoms with van der Waals surface area (Å²) in [5.74, 6) is 0.418. The second-order valence-electron chi connectivity index (χ2n) is 6.29. The van der Waals surface area contributed by atoms with E-state index in [1.165, 1.54) is 11.0 Å². The van der Waals surface area contributed by atoms with E-state index < -0.39 is 5.72 Å². The zero-order chi connectivity index (χ0) is 16.2. The second kappa shape index (κ2) is 4.72. The molecular formula is C18H17FN2O2. The standard InChI is InChI=1S/C18H17FN2O2/c1-11-7-8-12(9-14(11)19)21-17(22)20-15-10-18(21,2)23-16-6-4-3-5-13(15)16/h3-9,15H,10H2,1-2H3,(H,20,22)/t15-,18+/m1/s1. The van der Waals surface area contributed by atoms with Crippen molar-refractivity contribution in [1.82, 2.24) is 5.32 Å². The molecule has 2 bridgehead atoms. The zero-order valence-corrected chi connectivity index (χ0v) is 13.0. The molecule has 4 nitrogen and oxygen atoms in total. The van der Waals surface area contributed by atoms with E-state index >= 15 is 0 Å². The third kappa shape index (κ3) is 2.07. The number of nitrogens with one attached hydrogen (secondary N) is 1. The van der Waals surface area contributed by atoms with Gasteiger partial charge < -0.3 is 10.1 Å². The number of rotatable bonds is 1. The normalized spacial score (nSPS) is 25.4. The highest BCUT2D eigenvalue weighted by atomic mass is 19.1. The van der Waals surface area contributed by atoms with Crippen LogP contribution >= 0.6 is 0 Å². The first-order valence-corrected chi connectivity index (χ1v) is 7.63. The van der Waals surface area contributed by atoms with Crippen LogP contribution in [0.1, 0.15) is 30.5 Å². The van der Waals surface area contributed by atoms with Crippen LogP contribution in [0, 0.1) is 12.7 Å². The van der Waals surface area contributed by atoms with E-state index in [9.17, 15) is 9.18 Å². The summed E-state index contributed by atoms with van der Waals surface area (Å²) in [5, 5.41) is 3.00. The van der Waals surface area contributed by atoms with E-state index in [1.54, 1.807) is 19.1 Å². The van der Waals surface area contributed by atoms with Crippen molar-refractivity contribution < 1.29 is 13.9 Å². The number of fused-ring (bicyclic) bond motifs is 4. The molecule has 1 saturated heterocycles. The van der Waals surface area contributed by atoms with Gasteiger partial charge in [0, 0.05) is 12.0 Å². The maximum atomic E-state index is 13.9. The van der Waals surface area contributed by atoms with Crippen LogP contribution < -0.4 is 15.0 Å². The van der Waals surface area contributed by atoms with Gasteiger partial charge in [-0.2, -0.15) is 0 Å². The summed E-state index contributed by atoms with van der Waals surface area (Å²) < 4.78 is 20.1. The minimum Gasteiger partial charge on any atom is -0.467 e. The van der Waals surface area contributed by atoms with E-state index in [-0.39, 0.29) is 17.9 Å². The Morgan fingerprint density at radius 2 is 2.09 bits per heavy atom. The first-order chi connectivity index (χ1) is 11.0. The van der Waals surface area contributed by atoms with Crippen molar-refractivity contribution in [2.75, 3.05) is 4.90 Å². The lowest BCUT2D eigenvalue weighted by molar-refractivity contribution is 0.0378. The van der Waals surface area contributed by atoms with Crippen molar-refractivity contribution in [2.45, 2.75) is 32.0 Å². The molecule has 0 spiro atoms. The van der Waals surface area contributed by atoms with Crippen LogP contribution in [-0.2, 0) is 0 Å². The van der Waals surface area contributed by atoms with Gasteiger partial charge >= 0.3 is 6.03 Å². The third-order valence-electron chi connectivity index (χ3n) is 4.59. The molecular weight excluding hydrogens is 295 g/mol. The number of carbonyl (C=O) groups is 1. The molecule has 1 N–H and O–H groups in total. The Balaban J connectivity index is 1.81. The third-order valence-corrected chi connectivity index (χ3v) is 4.59. The minimum absolute atomic E-state index is 0.0935. The van der Waals surface area contributed by atoms with Gasteiger partial charge in [-0.25, -0.2) is 9.18 Å². The van der Waals surface area contributed by atoms with E-state index in [4.69, 9.17) is 4.74 Å². The molecule has 0 radical (unpaired) electrons. The molecule has 0 aliphatic carbocycles. The van der Waals surface area contributed by atoms with Crippen LogP contribution in [0.5, 0.6) is 5.75 Å². The second-order valence-corrected chi connectivity index (χ2v) is 6.29. The predicted molar refractivity (Wildman–Crippen MR) is 85.0 cm³/mol. The number of amides is 2. The van der Waals surface area contributed by atoms with Crippen LogP contribution in [0.2, 0.25) is 0 Å². The summed E-state index contributed by atoms with van der Waals surface area (Å²) >= 11 is 0. The van der Waals surface area contributed by atoms with Gasteiger partial charge in [0.15, 0.2) is 5.72 Å². The summed E-state index contributed by atoms with van der Waals surface area (Å²) in [6.07, 6.45) is 0.602. The van der Waals surface area contributed by atoms with Crippen LogP contribution in [0.4, 0.5) is 14.9 Å². The monoisotopic (exact) mass is 312 g/mol. The average Bonchev–Trinajstić information content (AvgIpc) is 2.50. The van der Waals surface area contributed by atoms with E-state index in [2.05, 4.69) is 5.32 Å². The number of anilines is 1. The molecule has 2 aliphatic heterocycles. The molecule has 2 amide bonds. The number of hydrogen-bond donors (Lipinski definition) is 1. The topological polar surface area (TPSA) is 41.6 Å². The van der Waals surface area contributed by atoms with Crippen LogP contribution in [0.3, 0.4) is 0 Å². The maximum Gasteiger partial charge on any atom is 0.325 e. The van der Waals surface area contributed by atoms with Gasteiger partial charge in [0.1, 0.15) is 11.6 Å². The Morgan fingerprint density at radius 1 is 1.30 bits per heavy atom. The summed E-state index contributed by atoms with van der Waals surface area (Å²) in [6, 6.07) is 12.1. The molecule has 23 heavy (non-hydrogen) atoms. The lowest BCUT2D eigenvalue weighted by atomic mass is 9.90. The summed E-state index contributed by atoms with van der Waals surface area (Å²) in [4.78, 5) is 14.1. The van der Waals surface area contributed by atoms with Crippen molar-refractivity contribution in [2.24, 2.45) is 0 Å². The van der Waals surface area contributed by atoms with Gasteiger partial charge in [0.2, 0.25) is 0 Å². The van der Waals surface area contributed by atoms with Gasteiger partial charge in [-0.05, 0) is 37.6 Å². The summed E-state index contributed by atoms with van der Waals surface area (Å²) in [7, 11) is 0.